The molecule has 0 aliphatic carbocycles. The van der Waals surface area contributed by atoms with Crippen LogP contribution >= 0.6 is 0 Å². The van der Waals surface area contributed by atoms with Gasteiger partial charge in [-0.2, -0.15) is 0 Å². The number of aliphatic hydroxyl groups excluding tert-OH is 4. The molecule has 0 aromatic heterocycles. The van der Waals surface area contributed by atoms with Gasteiger partial charge in [0.2, 0.25) is 5.78 Å². The number of hydrogen-bond donors (Lipinski definition) is 5. The Labute approximate surface area is 86.9 Å². The Kier molecular flexibility index (Phi) is 7.28. The van der Waals surface area contributed by atoms with E-state index in [0.717, 1.165) is 6.92 Å². The minimum absolute atomic E-state index is 0. The number of rotatable bonds is 5. The molecule has 4 atom stereocenters. The summed E-state index contributed by atoms with van der Waals surface area (Å²) in [6, 6.07) is 0. The number of carbonyl (C=O) groups excluding carboxylic acids is 2. The molecule has 0 aliphatic rings. The molecule has 15 heavy (non-hydrogen) atoms. The van der Waals surface area contributed by atoms with Crippen LogP contribution in [-0.4, -0.2) is 56.4 Å². The second kappa shape index (κ2) is 6.59. The largest absolute Gasteiger partial charge is 0.391 e. The fourth-order valence-electron chi connectivity index (χ4n) is 0.835. The Morgan fingerprint density at radius 3 is 1.67 bits per heavy atom. The van der Waals surface area contributed by atoms with Crippen molar-refractivity contribution in [2.24, 2.45) is 0 Å². The van der Waals surface area contributed by atoms with Gasteiger partial charge in [-0.05, 0) is 6.92 Å². The molecule has 0 fully saturated rings. The first-order valence-corrected chi connectivity index (χ1v) is 4.06. The Balaban J connectivity index is 0. The van der Waals surface area contributed by atoms with E-state index in [4.69, 9.17) is 20.4 Å². The zero-order valence-electron chi connectivity index (χ0n) is 8.62. The molecule has 0 heterocycles. The molecule has 0 saturated carbocycles. The van der Waals surface area contributed by atoms with Crippen molar-refractivity contribution in [2.45, 2.75) is 38.3 Å². The molecule has 4 unspecified atom stereocenters. The number of carbonyl (C=O) groups is 2. The first-order valence-electron chi connectivity index (χ1n) is 4.06. The van der Waals surface area contributed by atoms with Crippen molar-refractivity contribution in [3.8, 4) is 0 Å². The van der Waals surface area contributed by atoms with E-state index < -0.39 is 36.0 Å². The lowest BCUT2D eigenvalue weighted by Crippen LogP contribution is -2.48. The molecular weight excluding hydrogens is 206 g/mol. The molecule has 0 spiro atoms. The predicted molar refractivity (Wildman–Crippen MR) is 50.4 cm³/mol. The molecule has 0 saturated heterocycles. The van der Waals surface area contributed by atoms with Crippen LogP contribution in [0.3, 0.4) is 0 Å². The Morgan fingerprint density at radius 2 is 1.40 bits per heavy atom. The van der Waals surface area contributed by atoms with Crippen molar-refractivity contribution in [2.75, 3.05) is 0 Å². The highest BCUT2D eigenvalue weighted by atomic mass is 16.4. The highest BCUT2D eigenvalue weighted by molar-refractivity contribution is 6.38. The van der Waals surface area contributed by atoms with Crippen molar-refractivity contribution >= 4 is 11.6 Å². The van der Waals surface area contributed by atoms with E-state index >= 15 is 0 Å². The van der Waals surface area contributed by atoms with Crippen LogP contribution < -0.4 is 6.15 Å². The molecule has 0 aromatic rings. The summed E-state index contributed by atoms with van der Waals surface area (Å²) in [5.41, 5.74) is 0. The summed E-state index contributed by atoms with van der Waals surface area (Å²) < 4.78 is 0. The van der Waals surface area contributed by atoms with Crippen LogP contribution in [0.25, 0.3) is 0 Å². The first-order chi connectivity index (χ1) is 6.29. The molecule has 90 valence electrons. The number of hydrogen-bond acceptors (Lipinski definition) is 7. The van der Waals surface area contributed by atoms with Crippen molar-refractivity contribution in [1.29, 1.82) is 0 Å². The monoisotopic (exact) mass is 223 g/mol. The maximum absolute atomic E-state index is 10.9. The van der Waals surface area contributed by atoms with E-state index in [1.807, 2.05) is 0 Å². The molecule has 7 nitrogen and oxygen atoms in total. The summed E-state index contributed by atoms with van der Waals surface area (Å²) in [7, 11) is 0. The van der Waals surface area contributed by atoms with Crippen LogP contribution in [0.2, 0.25) is 0 Å². The third-order valence-corrected chi connectivity index (χ3v) is 1.78. The SMILES string of the molecule is CC(=O)C(=O)C(O)C(O)C(O)C(C)O.N. The summed E-state index contributed by atoms with van der Waals surface area (Å²) in [5.74, 6) is -2.12. The van der Waals surface area contributed by atoms with Gasteiger partial charge in [-0.1, -0.05) is 0 Å². The highest BCUT2D eigenvalue weighted by Gasteiger charge is 2.34. The third-order valence-electron chi connectivity index (χ3n) is 1.78. The molecule has 7 N–H and O–H groups in total. The van der Waals surface area contributed by atoms with E-state index in [-0.39, 0.29) is 6.15 Å². The van der Waals surface area contributed by atoms with Gasteiger partial charge in [-0.25, -0.2) is 0 Å². The van der Waals surface area contributed by atoms with Crippen molar-refractivity contribution in [1.82, 2.24) is 6.15 Å². The summed E-state index contributed by atoms with van der Waals surface area (Å²) in [4.78, 5) is 21.4. The van der Waals surface area contributed by atoms with Crippen LogP contribution in [0.5, 0.6) is 0 Å². The van der Waals surface area contributed by atoms with E-state index in [2.05, 4.69) is 0 Å². The van der Waals surface area contributed by atoms with Gasteiger partial charge in [-0.15, -0.1) is 0 Å². The van der Waals surface area contributed by atoms with E-state index in [1.54, 1.807) is 0 Å². The fraction of sp³-hybridized carbons (Fsp3) is 0.750. The zero-order chi connectivity index (χ0) is 11.5. The van der Waals surface area contributed by atoms with Crippen LogP contribution in [-0.2, 0) is 9.59 Å². The summed E-state index contributed by atoms with van der Waals surface area (Å²) in [5, 5.41) is 36.1. The van der Waals surface area contributed by atoms with Gasteiger partial charge in [0.05, 0.1) is 6.10 Å². The quantitative estimate of drug-likeness (QED) is 0.331. The maximum atomic E-state index is 10.9. The minimum atomic E-state index is -2.00. The highest BCUT2D eigenvalue weighted by Crippen LogP contribution is 2.05. The van der Waals surface area contributed by atoms with Crippen molar-refractivity contribution < 1.29 is 30.0 Å². The van der Waals surface area contributed by atoms with Gasteiger partial charge in [0.15, 0.2) is 5.78 Å². The second-order valence-corrected chi connectivity index (χ2v) is 3.09. The molecule has 7 heteroatoms. The van der Waals surface area contributed by atoms with Gasteiger partial charge in [-0.3, -0.25) is 9.59 Å². The summed E-state index contributed by atoms with van der Waals surface area (Å²) in [6.07, 6.45) is -6.85. The number of aliphatic hydroxyl groups is 4. The predicted octanol–water partition coefficient (Wildman–Crippen LogP) is -2.23. The molecule has 0 rings (SSSR count). The maximum Gasteiger partial charge on any atom is 0.229 e. The van der Waals surface area contributed by atoms with Gasteiger partial charge in [0.1, 0.15) is 18.3 Å². The molecular formula is C8H17NO6. The smallest absolute Gasteiger partial charge is 0.229 e. The summed E-state index contributed by atoms with van der Waals surface area (Å²) in [6.45, 7) is 2.12. The number of Topliss-reactive ketones (excluding diaryl/α,β-unsaturated/α-hetero) is 2. The Bertz CT molecular complexity index is 229. The molecule has 0 radical (unpaired) electrons. The van der Waals surface area contributed by atoms with Crippen LogP contribution in [0, 0.1) is 0 Å². The summed E-state index contributed by atoms with van der Waals surface area (Å²) >= 11 is 0. The zero-order valence-corrected chi connectivity index (χ0v) is 8.62. The van der Waals surface area contributed by atoms with Crippen LogP contribution in [0.4, 0.5) is 0 Å². The lowest BCUT2D eigenvalue weighted by molar-refractivity contribution is -0.151. The Morgan fingerprint density at radius 1 is 1.00 bits per heavy atom. The van der Waals surface area contributed by atoms with Crippen molar-refractivity contribution in [3.63, 3.8) is 0 Å². The van der Waals surface area contributed by atoms with Crippen molar-refractivity contribution in [3.05, 3.63) is 0 Å². The lowest BCUT2D eigenvalue weighted by Gasteiger charge is -2.23. The average Bonchev–Trinajstić information content (AvgIpc) is 2.12. The van der Waals surface area contributed by atoms with Crippen LogP contribution in [0.1, 0.15) is 13.8 Å². The van der Waals surface area contributed by atoms with E-state index in [1.165, 1.54) is 6.92 Å². The van der Waals surface area contributed by atoms with Crippen LogP contribution in [0.15, 0.2) is 0 Å². The first kappa shape index (κ1) is 16.6. The van der Waals surface area contributed by atoms with Gasteiger partial charge < -0.3 is 26.6 Å². The minimum Gasteiger partial charge on any atom is -0.391 e. The molecule has 0 aromatic carbocycles. The molecule has 0 bridgehead atoms. The average molecular weight is 223 g/mol. The van der Waals surface area contributed by atoms with E-state index in [0.29, 0.717) is 0 Å². The lowest BCUT2D eigenvalue weighted by atomic mass is 9.99. The topological polar surface area (TPSA) is 150 Å². The molecule has 0 aliphatic heterocycles. The standard InChI is InChI=1S/C8H14O6.H3N/c1-3(9)5(11)7(13)8(14)6(12)4(2)10;/h3,5,7-9,11,13-14H,1-2H3;1H3. The van der Waals surface area contributed by atoms with Gasteiger partial charge in [0.25, 0.3) is 0 Å². The Hall–Kier alpha value is -0.860. The normalized spacial score (nSPS) is 18.3. The number of ketones is 2. The fourth-order valence-corrected chi connectivity index (χ4v) is 0.835. The second-order valence-electron chi connectivity index (χ2n) is 3.09. The van der Waals surface area contributed by atoms with E-state index in [9.17, 15) is 9.59 Å². The van der Waals surface area contributed by atoms with Gasteiger partial charge in [0, 0.05) is 6.92 Å². The molecule has 0 amide bonds. The van der Waals surface area contributed by atoms with Gasteiger partial charge >= 0.3 is 0 Å². The third kappa shape index (κ3) is 4.45.